The van der Waals surface area contributed by atoms with Gasteiger partial charge in [0.15, 0.2) is 0 Å². The Morgan fingerprint density at radius 3 is 1.82 bits per heavy atom. The van der Waals surface area contributed by atoms with E-state index in [1.54, 1.807) is 0 Å². The largest absolute Gasteiger partial charge is 0.253 e. The molecule has 0 atom stereocenters. The van der Waals surface area contributed by atoms with E-state index in [0.717, 1.165) is 13.1 Å². The molecule has 2 nitrogen and oxygen atoms in total. The lowest BCUT2D eigenvalue weighted by Gasteiger charge is -2.07. The minimum Gasteiger partial charge on any atom is -0.253 e. The van der Waals surface area contributed by atoms with Gasteiger partial charge in [0.05, 0.1) is 0 Å². The topological polar surface area (TPSA) is 24.1 Å². The number of hydrogen-bond donors (Lipinski definition) is 2. The molecule has 0 amide bonds. The SMILES string of the molecule is Cc1ccc(CNNCc2ccccc2)cc1. The third-order valence-electron chi connectivity index (χ3n) is 2.67. The van der Waals surface area contributed by atoms with Gasteiger partial charge in [0.25, 0.3) is 0 Å². The van der Waals surface area contributed by atoms with Gasteiger partial charge in [-0.3, -0.25) is 10.9 Å². The molecule has 0 heterocycles. The van der Waals surface area contributed by atoms with E-state index in [2.05, 4.69) is 66.3 Å². The maximum Gasteiger partial charge on any atom is 0.0351 e. The van der Waals surface area contributed by atoms with Crippen LogP contribution < -0.4 is 10.9 Å². The Labute approximate surface area is 103 Å². The van der Waals surface area contributed by atoms with Crippen molar-refractivity contribution in [1.29, 1.82) is 0 Å². The first-order valence-corrected chi connectivity index (χ1v) is 5.90. The van der Waals surface area contributed by atoms with Crippen LogP contribution in [0.1, 0.15) is 16.7 Å². The fourth-order valence-corrected chi connectivity index (χ4v) is 1.63. The van der Waals surface area contributed by atoms with Crippen molar-refractivity contribution in [1.82, 2.24) is 10.9 Å². The summed E-state index contributed by atoms with van der Waals surface area (Å²) in [6.07, 6.45) is 0. The molecule has 2 N–H and O–H groups in total. The molecule has 2 aromatic rings. The van der Waals surface area contributed by atoms with Gasteiger partial charge < -0.3 is 0 Å². The third-order valence-corrected chi connectivity index (χ3v) is 2.67. The van der Waals surface area contributed by atoms with Crippen molar-refractivity contribution in [2.24, 2.45) is 0 Å². The predicted molar refractivity (Wildman–Crippen MR) is 71.3 cm³/mol. The van der Waals surface area contributed by atoms with E-state index < -0.39 is 0 Å². The molecule has 0 aliphatic heterocycles. The average molecular weight is 226 g/mol. The van der Waals surface area contributed by atoms with Crippen molar-refractivity contribution in [2.75, 3.05) is 0 Å². The van der Waals surface area contributed by atoms with Crippen LogP contribution in [0.2, 0.25) is 0 Å². The summed E-state index contributed by atoms with van der Waals surface area (Å²) in [4.78, 5) is 0. The summed E-state index contributed by atoms with van der Waals surface area (Å²) < 4.78 is 0. The zero-order valence-corrected chi connectivity index (χ0v) is 10.1. The van der Waals surface area contributed by atoms with Crippen LogP contribution in [0.4, 0.5) is 0 Å². The monoisotopic (exact) mass is 226 g/mol. The lowest BCUT2D eigenvalue weighted by atomic mass is 10.1. The van der Waals surface area contributed by atoms with Crippen molar-refractivity contribution < 1.29 is 0 Å². The second-order valence-electron chi connectivity index (χ2n) is 4.18. The molecule has 88 valence electrons. The van der Waals surface area contributed by atoms with Gasteiger partial charge in [-0.05, 0) is 18.1 Å². The average Bonchev–Trinajstić information content (AvgIpc) is 2.38. The van der Waals surface area contributed by atoms with Gasteiger partial charge in [0, 0.05) is 13.1 Å². The van der Waals surface area contributed by atoms with Crippen LogP contribution in [-0.4, -0.2) is 0 Å². The molecule has 0 bridgehead atoms. The summed E-state index contributed by atoms with van der Waals surface area (Å²) >= 11 is 0. The third kappa shape index (κ3) is 4.02. The molecule has 17 heavy (non-hydrogen) atoms. The molecule has 0 saturated heterocycles. The van der Waals surface area contributed by atoms with E-state index >= 15 is 0 Å². The van der Waals surface area contributed by atoms with Crippen molar-refractivity contribution >= 4 is 0 Å². The summed E-state index contributed by atoms with van der Waals surface area (Å²) in [5.41, 5.74) is 10.3. The highest BCUT2D eigenvalue weighted by Gasteiger charge is 1.92. The van der Waals surface area contributed by atoms with Gasteiger partial charge in [0.2, 0.25) is 0 Å². The van der Waals surface area contributed by atoms with Crippen molar-refractivity contribution in [3.63, 3.8) is 0 Å². The molecule has 0 aliphatic rings. The van der Waals surface area contributed by atoms with Crippen LogP contribution in [0.3, 0.4) is 0 Å². The second kappa shape index (κ2) is 6.18. The van der Waals surface area contributed by atoms with Crippen LogP contribution in [0.5, 0.6) is 0 Å². The minimum atomic E-state index is 0.840. The fourth-order valence-electron chi connectivity index (χ4n) is 1.63. The molecule has 0 spiro atoms. The molecule has 0 aliphatic carbocycles. The number of hydrogen-bond acceptors (Lipinski definition) is 2. The molecule has 0 fully saturated rings. The van der Waals surface area contributed by atoms with E-state index in [9.17, 15) is 0 Å². The van der Waals surface area contributed by atoms with Crippen molar-refractivity contribution in [3.8, 4) is 0 Å². The van der Waals surface area contributed by atoms with Crippen LogP contribution in [-0.2, 0) is 13.1 Å². The molecule has 0 aromatic heterocycles. The number of hydrazine groups is 1. The fraction of sp³-hybridized carbons (Fsp3) is 0.200. The standard InChI is InChI=1S/C15H18N2/c1-13-7-9-15(10-8-13)12-17-16-11-14-5-3-2-4-6-14/h2-10,16-17H,11-12H2,1H3. The number of rotatable bonds is 5. The van der Waals surface area contributed by atoms with Crippen molar-refractivity contribution in [3.05, 3.63) is 71.3 Å². The van der Waals surface area contributed by atoms with E-state index in [1.807, 2.05) is 6.07 Å². The molecule has 0 radical (unpaired) electrons. The predicted octanol–water partition coefficient (Wildman–Crippen LogP) is 2.79. The molecular weight excluding hydrogens is 208 g/mol. The van der Waals surface area contributed by atoms with E-state index in [0.29, 0.717) is 0 Å². The lowest BCUT2D eigenvalue weighted by Crippen LogP contribution is -2.30. The maximum absolute atomic E-state index is 3.22. The zero-order valence-electron chi connectivity index (χ0n) is 10.1. The molecule has 0 saturated carbocycles. The highest BCUT2D eigenvalue weighted by atomic mass is 15.3. The first kappa shape index (κ1) is 11.8. The van der Waals surface area contributed by atoms with E-state index in [1.165, 1.54) is 16.7 Å². The van der Waals surface area contributed by atoms with Crippen molar-refractivity contribution in [2.45, 2.75) is 20.0 Å². The Balaban J connectivity index is 1.71. The quantitative estimate of drug-likeness (QED) is 0.605. The van der Waals surface area contributed by atoms with Gasteiger partial charge in [-0.1, -0.05) is 60.2 Å². The van der Waals surface area contributed by atoms with Gasteiger partial charge >= 0.3 is 0 Å². The lowest BCUT2D eigenvalue weighted by molar-refractivity contribution is 0.529. The molecular formula is C15H18N2. The number of benzene rings is 2. The smallest absolute Gasteiger partial charge is 0.0351 e. The summed E-state index contributed by atoms with van der Waals surface area (Å²) in [7, 11) is 0. The summed E-state index contributed by atoms with van der Waals surface area (Å²) in [5.74, 6) is 0. The van der Waals surface area contributed by atoms with Crippen LogP contribution >= 0.6 is 0 Å². The zero-order chi connectivity index (χ0) is 11.9. The van der Waals surface area contributed by atoms with Crippen LogP contribution in [0, 0.1) is 6.92 Å². The number of aryl methyl sites for hydroxylation is 1. The Hall–Kier alpha value is -1.64. The Morgan fingerprint density at radius 1 is 0.706 bits per heavy atom. The van der Waals surface area contributed by atoms with Gasteiger partial charge in [0.1, 0.15) is 0 Å². The highest BCUT2D eigenvalue weighted by molar-refractivity contribution is 5.21. The number of nitrogens with one attached hydrogen (secondary N) is 2. The van der Waals surface area contributed by atoms with Crippen LogP contribution in [0.15, 0.2) is 54.6 Å². The highest BCUT2D eigenvalue weighted by Crippen LogP contribution is 2.02. The first-order valence-electron chi connectivity index (χ1n) is 5.90. The Morgan fingerprint density at radius 2 is 1.24 bits per heavy atom. The summed E-state index contributed by atoms with van der Waals surface area (Å²) in [6.45, 7) is 3.78. The van der Waals surface area contributed by atoms with Gasteiger partial charge in [-0.2, -0.15) is 0 Å². The normalized spacial score (nSPS) is 10.4. The summed E-state index contributed by atoms with van der Waals surface area (Å²) in [5, 5.41) is 0. The van der Waals surface area contributed by atoms with E-state index in [4.69, 9.17) is 0 Å². The minimum absolute atomic E-state index is 0.840. The Bertz CT molecular complexity index is 434. The first-order chi connectivity index (χ1) is 8.34. The molecule has 2 aromatic carbocycles. The molecule has 2 heteroatoms. The van der Waals surface area contributed by atoms with Crippen LogP contribution in [0.25, 0.3) is 0 Å². The van der Waals surface area contributed by atoms with Gasteiger partial charge in [-0.25, -0.2) is 0 Å². The van der Waals surface area contributed by atoms with E-state index in [-0.39, 0.29) is 0 Å². The Kier molecular flexibility index (Phi) is 4.30. The molecule has 0 unspecified atom stereocenters. The molecule has 2 rings (SSSR count). The van der Waals surface area contributed by atoms with Gasteiger partial charge in [-0.15, -0.1) is 0 Å². The second-order valence-corrected chi connectivity index (χ2v) is 4.18. The summed E-state index contributed by atoms with van der Waals surface area (Å²) in [6, 6.07) is 18.9. The maximum atomic E-state index is 3.22.